The number of carbonyl (C=O) groups excluding carboxylic acids is 2. The van der Waals surface area contributed by atoms with Gasteiger partial charge in [-0.3, -0.25) is 4.79 Å². The van der Waals surface area contributed by atoms with Crippen molar-refractivity contribution in [2.75, 3.05) is 6.61 Å². The Bertz CT molecular complexity index is 243. The number of hydrogen-bond acceptors (Lipinski definition) is 5. The standard InChI is InChI=1S/C7H9NO5/c1-2-13-7(12)5(8-4-9)3-6(10)11/h5H,2-3H2,1H3,(H,10,11). The van der Waals surface area contributed by atoms with Gasteiger partial charge in [-0.1, -0.05) is 0 Å². The number of nitrogens with zero attached hydrogens (tertiary/aromatic N) is 1. The van der Waals surface area contributed by atoms with E-state index >= 15 is 0 Å². The summed E-state index contributed by atoms with van der Waals surface area (Å²) in [6, 6.07) is -1.28. The van der Waals surface area contributed by atoms with Gasteiger partial charge < -0.3 is 9.84 Å². The highest BCUT2D eigenvalue weighted by Gasteiger charge is 2.21. The van der Waals surface area contributed by atoms with Crippen LogP contribution in [0.1, 0.15) is 13.3 Å². The average Bonchev–Trinajstić information content (AvgIpc) is 2.03. The molecule has 0 radical (unpaired) electrons. The number of carbonyl (C=O) groups is 2. The van der Waals surface area contributed by atoms with Crippen molar-refractivity contribution in [3.05, 3.63) is 0 Å². The van der Waals surface area contributed by atoms with E-state index < -0.39 is 24.4 Å². The molecule has 6 heteroatoms. The molecule has 0 aliphatic rings. The lowest BCUT2D eigenvalue weighted by Crippen LogP contribution is -2.24. The maximum atomic E-state index is 10.9. The number of aliphatic imine (C=N–C) groups is 1. The van der Waals surface area contributed by atoms with Gasteiger partial charge in [-0.05, 0) is 6.92 Å². The summed E-state index contributed by atoms with van der Waals surface area (Å²) in [7, 11) is 0. The summed E-state index contributed by atoms with van der Waals surface area (Å²) >= 11 is 0. The predicted octanol–water partition coefficient (Wildman–Crippen LogP) is -0.271. The number of aliphatic carboxylic acids is 1. The zero-order valence-corrected chi connectivity index (χ0v) is 7.02. The molecule has 0 amide bonds. The Labute approximate surface area is 74.2 Å². The fraction of sp³-hybridized carbons (Fsp3) is 0.571. The van der Waals surface area contributed by atoms with Crippen LogP contribution in [0.3, 0.4) is 0 Å². The molecule has 1 N–H and O–H groups in total. The first-order valence-electron chi connectivity index (χ1n) is 3.57. The SMILES string of the molecule is CCOC(=O)C(CC(=O)O)N=C=O. The number of esters is 1. The summed E-state index contributed by atoms with van der Waals surface area (Å²) in [5, 5.41) is 8.33. The van der Waals surface area contributed by atoms with E-state index in [0.717, 1.165) is 6.08 Å². The minimum Gasteiger partial charge on any atom is -0.481 e. The van der Waals surface area contributed by atoms with Crippen molar-refractivity contribution >= 4 is 18.0 Å². The van der Waals surface area contributed by atoms with Crippen molar-refractivity contribution in [2.45, 2.75) is 19.4 Å². The second-order valence-corrected chi connectivity index (χ2v) is 2.09. The highest BCUT2D eigenvalue weighted by Crippen LogP contribution is 2.00. The molecule has 6 nitrogen and oxygen atoms in total. The smallest absolute Gasteiger partial charge is 0.332 e. The van der Waals surface area contributed by atoms with Crippen LogP contribution in [0.4, 0.5) is 0 Å². The maximum absolute atomic E-state index is 10.9. The Morgan fingerprint density at radius 3 is 2.62 bits per heavy atom. The molecule has 72 valence electrons. The molecule has 0 saturated carbocycles. The third kappa shape index (κ3) is 4.71. The van der Waals surface area contributed by atoms with Gasteiger partial charge in [0.05, 0.1) is 13.0 Å². The second kappa shape index (κ2) is 5.91. The van der Waals surface area contributed by atoms with E-state index in [1.807, 2.05) is 0 Å². The molecule has 0 rings (SSSR count). The van der Waals surface area contributed by atoms with Crippen LogP contribution in [-0.4, -0.2) is 35.8 Å². The highest BCUT2D eigenvalue weighted by molar-refractivity contribution is 5.82. The number of carboxylic acid groups (broad SMARTS) is 1. The largest absolute Gasteiger partial charge is 0.481 e. The minimum atomic E-state index is -1.28. The van der Waals surface area contributed by atoms with Gasteiger partial charge in [0.1, 0.15) is 0 Å². The van der Waals surface area contributed by atoms with Gasteiger partial charge in [0.25, 0.3) is 0 Å². The monoisotopic (exact) mass is 187 g/mol. The lowest BCUT2D eigenvalue weighted by molar-refractivity contribution is -0.148. The van der Waals surface area contributed by atoms with Crippen LogP contribution >= 0.6 is 0 Å². The van der Waals surface area contributed by atoms with E-state index in [-0.39, 0.29) is 6.61 Å². The fourth-order valence-corrected chi connectivity index (χ4v) is 0.649. The van der Waals surface area contributed by atoms with Gasteiger partial charge in [-0.2, -0.15) is 4.99 Å². The van der Waals surface area contributed by atoms with Gasteiger partial charge in [0.2, 0.25) is 6.08 Å². The number of hydrogen-bond donors (Lipinski definition) is 1. The first-order valence-corrected chi connectivity index (χ1v) is 3.57. The first-order chi connectivity index (χ1) is 6.11. The molecule has 0 saturated heterocycles. The molecule has 13 heavy (non-hydrogen) atoms. The summed E-state index contributed by atoms with van der Waals surface area (Å²) in [4.78, 5) is 33.9. The van der Waals surface area contributed by atoms with Gasteiger partial charge >= 0.3 is 11.9 Å². The first kappa shape index (κ1) is 11.3. The lowest BCUT2D eigenvalue weighted by atomic mass is 10.2. The lowest BCUT2D eigenvalue weighted by Gasteiger charge is -2.05. The van der Waals surface area contributed by atoms with Crippen molar-refractivity contribution in [1.29, 1.82) is 0 Å². The zero-order chi connectivity index (χ0) is 10.3. The van der Waals surface area contributed by atoms with Gasteiger partial charge in [-0.25, -0.2) is 9.59 Å². The number of rotatable bonds is 5. The van der Waals surface area contributed by atoms with Gasteiger partial charge in [0, 0.05) is 0 Å². The van der Waals surface area contributed by atoms with Crippen molar-refractivity contribution < 1.29 is 24.2 Å². The molecular weight excluding hydrogens is 178 g/mol. The summed E-state index contributed by atoms with van der Waals surface area (Å²) in [5.41, 5.74) is 0. The quantitative estimate of drug-likeness (QED) is 0.363. The molecule has 0 aromatic heterocycles. The topological polar surface area (TPSA) is 93.0 Å². The molecular formula is C7H9NO5. The van der Waals surface area contributed by atoms with E-state index in [0.29, 0.717) is 0 Å². The molecule has 0 aliphatic carbocycles. The Morgan fingerprint density at radius 2 is 2.23 bits per heavy atom. The van der Waals surface area contributed by atoms with Gasteiger partial charge in [0.15, 0.2) is 6.04 Å². The Morgan fingerprint density at radius 1 is 1.62 bits per heavy atom. The Hall–Kier alpha value is -1.68. The number of ether oxygens (including phenoxy) is 1. The zero-order valence-electron chi connectivity index (χ0n) is 7.02. The molecule has 0 heterocycles. The van der Waals surface area contributed by atoms with Crippen molar-refractivity contribution in [2.24, 2.45) is 4.99 Å². The minimum absolute atomic E-state index is 0.114. The van der Waals surface area contributed by atoms with Crippen LogP contribution in [0.5, 0.6) is 0 Å². The number of carboxylic acids is 1. The van der Waals surface area contributed by atoms with Crippen LogP contribution in [-0.2, 0) is 19.1 Å². The van der Waals surface area contributed by atoms with Crippen LogP contribution in [0.25, 0.3) is 0 Å². The third-order valence-corrected chi connectivity index (χ3v) is 1.14. The molecule has 0 aromatic rings. The van der Waals surface area contributed by atoms with Crippen LogP contribution in [0.2, 0.25) is 0 Å². The third-order valence-electron chi connectivity index (χ3n) is 1.14. The maximum Gasteiger partial charge on any atom is 0.332 e. The summed E-state index contributed by atoms with van der Waals surface area (Å²) in [5.74, 6) is -2.05. The summed E-state index contributed by atoms with van der Waals surface area (Å²) < 4.78 is 4.48. The van der Waals surface area contributed by atoms with Crippen LogP contribution in [0, 0.1) is 0 Å². The van der Waals surface area contributed by atoms with Crippen molar-refractivity contribution in [3.8, 4) is 0 Å². The Balaban J connectivity index is 4.31. The molecule has 0 aliphatic heterocycles. The molecule has 0 bridgehead atoms. The van der Waals surface area contributed by atoms with Crippen LogP contribution in [0.15, 0.2) is 4.99 Å². The number of isocyanates is 1. The fourth-order valence-electron chi connectivity index (χ4n) is 0.649. The van der Waals surface area contributed by atoms with Crippen molar-refractivity contribution in [3.63, 3.8) is 0 Å². The van der Waals surface area contributed by atoms with E-state index in [2.05, 4.69) is 9.73 Å². The summed E-state index contributed by atoms with van der Waals surface area (Å²) in [6.45, 7) is 1.68. The van der Waals surface area contributed by atoms with E-state index in [1.165, 1.54) is 0 Å². The molecule has 0 aromatic carbocycles. The van der Waals surface area contributed by atoms with Crippen molar-refractivity contribution in [1.82, 2.24) is 0 Å². The molecule has 0 spiro atoms. The predicted molar refractivity (Wildman–Crippen MR) is 40.8 cm³/mol. The van der Waals surface area contributed by atoms with E-state index in [4.69, 9.17) is 5.11 Å². The highest BCUT2D eigenvalue weighted by atomic mass is 16.5. The van der Waals surface area contributed by atoms with Gasteiger partial charge in [-0.15, -0.1) is 0 Å². The van der Waals surface area contributed by atoms with E-state index in [1.54, 1.807) is 6.92 Å². The average molecular weight is 187 g/mol. The molecule has 0 fully saturated rings. The molecule has 1 atom stereocenters. The molecule has 1 unspecified atom stereocenters. The Kier molecular flexibility index (Phi) is 5.14. The van der Waals surface area contributed by atoms with E-state index in [9.17, 15) is 14.4 Å². The normalized spacial score (nSPS) is 11.2. The van der Waals surface area contributed by atoms with Crippen LogP contribution < -0.4 is 0 Å². The summed E-state index contributed by atoms with van der Waals surface area (Å²) in [6.07, 6.45) is 0.562. The second-order valence-electron chi connectivity index (χ2n) is 2.09.